The van der Waals surface area contributed by atoms with Gasteiger partial charge in [-0.05, 0) is 25.5 Å². The summed E-state index contributed by atoms with van der Waals surface area (Å²) < 4.78 is 0. The Hall–Kier alpha value is -1.73. The Balaban J connectivity index is 2.76. The Morgan fingerprint density at radius 1 is 1.56 bits per heavy atom. The molecule has 0 aliphatic rings. The van der Waals surface area contributed by atoms with Gasteiger partial charge in [0.2, 0.25) is 5.91 Å². The summed E-state index contributed by atoms with van der Waals surface area (Å²) in [6, 6.07) is 6.72. The van der Waals surface area contributed by atoms with Crippen LogP contribution in [0.2, 0.25) is 5.02 Å². The lowest BCUT2D eigenvalue weighted by molar-refractivity contribution is -0.121. The zero-order valence-corrected chi connectivity index (χ0v) is 11.2. The topological polar surface area (TPSA) is 64.9 Å². The molecule has 0 aromatic heterocycles. The van der Waals surface area contributed by atoms with Gasteiger partial charge < -0.3 is 10.6 Å². The fourth-order valence-electron chi connectivity index (χ4n) is 1.46. The number of hydrogen-bond donors (Lipinski definition) is 2. The van der Waals surface area contributed by atoms with Crippen LogP contribution in [0.15, 0.2) is 18.2 Å². The van der Waals surface area contributed by atoms with Crippen molar-refractivity contribution in [1.82, 2.24) is 5.32 Å². The molecule has 18 heavy (non-hydrogen) atoms. The normalized spacial score (nSPS) is 11.4. The van der Waals surface area contributed by atoms with Crippen molar-refractivity contribution in [2.75, 3.05) is 11.9 Å². The van der Waals surface area contributed by atoms with Gasteiger partial charge in [0.05, 0.1) is 16.3 Å². The number of rotatable bonds is 5. The van der Waals surface area contributed by atoms with Crippen LogP contribution in [-0.2, 0) is 4.79 Å². The molecule has 0 aliphatic carbocycles. The molecule has 0 spiro atoms. The second kappa shape index (κ2) is 6.87. The standard InChI is InChI=1S/C13H16ClN3O/c1-3-7-16-13(18)9(2)17-12-6-4-5-11(14)10(12)8-15/h4-6,9,17H,3,7H2,1-2H3,(H,16,18). The first-order chi connectivity index (χ1) is 8.60. The summed E-state index contributed by atoms with van der Waals surface area (Å²) in [6.45, 7) is 4.38. The van der Waals surface area contributed by atoms with Gasteiger partial charge in [-0.2, -0.15) is 5.26 Å². The highest BCUT2D eigenvalue weighted by atomic mass is 35.5. The first-order valence-electron chi connectivity index (χ1n) is 5.83. The van der Waals surface area contributed by atoms with E-state index in [2.05, 4.69) is 10.6 Å². The highest BCUT2D eigenvalue weighted by molar-refractivity contribution is 6.32. The van der Waals surface area contributed by atoms with Crippen LogP contribution in [0.4, 0.5) is 5.69 Å². The molecular formula is C13H16ClN3O. The van der Waals surface area contributed by atoms with Crippen molar-refractivity contribution in [2.24, 2.45) is 0 Å². The lowest BCUT2D eigenvalue weighted by Gasteiger charge is -2.16. The fourth-order valence-corrected chi connectivity index (χ4v) is 1.67. The van der Waals surface area contributed by atoms with Gasteiger partial charge in [0, 0.05) is 6.54 Å². The van der Waals surface area contributed by atoms with Crippen molar-refractivity contribution in [3.8, 4) is 6.07 Å². The molecule has 1 aromatic rings. The highest BCUT2D eigenvalue weighted by Gasteiger charge is 2.14. The van der Waals surface area contributed by atoms with Gasteiger partial charge in [-0.1, -0.05) is 24.6 Å². The summed E-state index contributed by atoms with van der Waals surface area (Å²) in [6.07, 6.45) is 0.888. The van der Waals surface area contributed by atoms with Crippen LogP contribution in [0.3, 0.4) is 0 Å². The van der Waals surface area contributed by atoms with Gasteiger partial charge in [-0.15, -0.1) is 0 Å². The molecule has 4 nitrogen and oxygen atoms in total. The fraction of sp³-hybridized carbons (Fsp3) is 0.385. The van der Waals surface area contributed by atoms with E-state index < -0.39 is 6.04 Å². The molecule has 0 saturated carbocycles. The quantitative estimate of drug-likeness (QED) is 0.860. The van der Waals surface area contributed by atoms with Crippen molar-refractivity contribution in [1.29, 1.82) is 5.26 Å². The van der Waals surface area contributed by atoms with E-state index in [4.69, 9.17) is 16.9 Å². The van der Waals surface area contributed by atoms with E-state index in [9.17, 15) is 4.79 Å². The highest BCUT2D eigenvalue weighted by Crippen LogP contribution is 2.23. The van der Waals surface area contributed by atoms with Gasteiger partial charge in [0.25, 0.3) is 0 Å². The summed E-state index contributed by atoms with van der Waals surface area (Å²) in [5, 5.41) is 15.2. The van der Waals surface area contributed by atoms with Crippen LogP contribution in [0.5, 0.6) is 0 Å². The lowest BCUT2D eigenvalue weighted by atomic mass is 10.1. The molecule has 0 fully saturated rings. The minimum atomic E-state index is -0.415. The largest absolute Gasteiger partial charge is 0.373 e. The predicted octanol–water partition coefficient (Wildman–Crippen LogP) is 2.54. The zero-order chi connectivity index (χ0) is 13.5. The smallest absolute Gasteiger partial charge is 0.242 e. The molecule has 2 N–H and O–H groups in total. The predicted molar refractivity (Wildman–Crippen MR) is 72.6 cm³/mol. The van der Waals surface area contributed by atoms with Crippen LogP contribution in [0.1, 0.15) is 25.8 Å². The number of anilines is 1. The summed E-state index contributed by atoms with van der Waals surface area (Å²) in [7, 11) is 0. The third-order valence-corrected chi connectivity index (χ3v) is 2.75. The molecule has 1 amide bonds. The maximum Gasteiger partial charge on any atom is 0.242 e. The maximum atomic E-state index is 11.7. The van der Waals surface area contributed by atoms with Gasteiger partial charge in [-0.25, -0.2) is 0 Å². The van der Waals surface area contributed by atoms with E-state index in [-0.39, 0.29) is 5.91 Å². The Morgan fingerprint density at radius 3 is 2.89 bits per heavy atom. The number of carbonyl (C=O) groups excluding carboxylic acids is 1. The maximum absolute atomic E-state index is 11.7. The van der Waals surface area contributed by atoms with E-state index in [1.54, 1.807) is 25.1 Å². The minimum Gasteiger partial charge on any atom is -0.373 e. The molecule has 96 valence electrons. The number of nitriles is 1. The van der Waals surface area contributed by atoms with Crippen molar-refractivity contribution < 1.29 is 4.79 Å². The van der Waals surface area contributed by atoms with Crippen molar-refractivity contribution >= 4 is 23.2 Å². The molecule has 0 bridgehead atoms. The van der Waals surface area contributed by atoms with Crippen LogP contribution in [0.25, 0.3) is 0 Å². The second-order valence-electron chi connectivity index (χ2n) is 3.93. The monoisotopic (exact) mass is 265 g/mol. The summed E-state index contributed by atoms with van der Waals surface area (Å²) in [5.74, 6) is -0.0966. The number of halogens is 1. The summed E-state index contributed by atoms with van der Waals surface area (Å²) in [4.78, 5) is 11.7. The molecule has 0 radical (unpaired) electrons. The average Bonchev–Trinajstić information content (AvgIpc) is 2.36. The van der Waals surface area contributed by atoms with E-state index in [0.29, 0.717) is 22.8 Å². The second-order valence-corrected chi connectivity index (χ2v) is 4.34. The molecule has 5 heteroatoms. The first-order valence-corrected chi connectivity index (χ1v) is 6.20. The average molecular weight is 266 g/mol. The number of benzene rings is 1. The summed E-state index contributed by atoms with van der Waals surface area (Å²) in [5.41, 5.74) is 0.929. The number of hydrogen-bond acceptors (Lipinski definition) is 3. The summed E-state index contributed by atoms with van der Waals surface area (Å²) >= 11 is 5.91. The third-order valence-electron chi connectivity index (χ3n) is 2.44. The Bertz CT molecular complexity index is 468. The van der Waals surface area contributed by atoms with Crippen molar-refractivity contribution in [3.05, 3.63) is 28.8 Å². The minimum absolute atomic E-state index is 0.0966. The van der Waals surface area contributed by atoms with E-state index in [1.165, 1.54) is 0 Å². The molecular weight excluding hydrogens is 250 g/mol. The number of amides is 1. The SMILES string of the molecule is CCCNC(=O)C(C)Nc1cccc(Cl)c1C#N. The van der Waals surface area contributed by atoms with Crippen LogP contribution >= 0.6 is 11.6 Å². The number of carbonyl (C=O) groups is 1. The number of nitrogens with zero attached hydrogens (tertiary/aromatic N) is 1. The van der Waals surface area contributed by atoms with Crippen LogP contribution in [-0.4, -0.2) is 18.5 Å². The van der Waals surface area contributed by atoms with Gasteiger partial charge in [0.15, 0.2) is 0 Å². The molecule has 1 unspecified atom stereocenters. The number of nitrogens with one attached hydrogen (secondary N) is 2. The molecule has 1 aromatic carbocycles. The van der Waals surface area contributed by atoms with E-state index in [0.717, 1.165) is 6.42 Å². The van der Waals surface area contributed by atoms with Crippen LogP contribution < -0.4 is 10.6 Å². The van der Waals surface area contributed by atoms with Crippen LogP contribution in [0, 0.1) is 11.3 Å². The third kappa shape index (κ3) is 3.64. The van der Waals surface area contributed by atoms with E-state index >= 15 is 0 Å². The molecule has 0 saturated heterocycles. The molecule has 0 aliphatic heterocycles. The zero-order valence-electron chi connectivity index (χ0n) is 10.5. The lowest BCUT2D eigenvalue weighted by Crippen LogP contribution is -2.38. The van der Waals surface area contributed by atoms with Crippen molar-refractivity contribution in [2.45, 2.75) is 26.3 Å². The first kappa shape index (κ1) is 14.3. The van der Waals surface area contributed by atoms with Gasteiger partial charge >= 0.3 is 0 Å². The van der Waals surface area contributed by atoms with Crippen molar-refractivity contribution in [3.63, 3.8) is 0 Å². The Kier molecular flexibility index (Phi) is 5.47. The Morgan fingerprint density at radius 2 is 2.28 bits per heavy atom. The molecule has 0 heterocycles. The van der Waals surface area contributed by atoms with E-state index in [1.807, 2.05) is 13.0 Å². The molecule has 1 atom stereocenters. The molecule has 1 rings (SSSR count). The Labute approximate surface area is 112 Å². The van der Waals surface area contributed by atoms with Gasteiger partial charge in [0.1, 0.15) is 12.1 Å². The van der Waals surface area contributed by atoms with Gasteiger partial charge in [-0.3, -0.25) is 4.79 Å².